The highest BCUT2D eigenvalue weighted by Gasteiger charge is 2.30. The van der Waals surface area contributed by atoms with Gasteiger partial charge < -0.3 is 14.6 Å². The Morgan fingerprint density at radius 2 is 1.90 bits per heavy atom. The third kappa shape index (κ3) is 7.73. The lowest BCUT2D eigenvalue weighted by atomic mass is 9.84. The molecule has 168 valence electrons. The number of amides is 1. The number of carbonyl (C=O) groups excluding carboxylic acids is 2. The fraction of sp³-hybridized carbons (Fsp3) is 0.826. The van der Waals surface area contributed by atoms with E-state index >= 15 is 0 Å². The minimum Gasteiger partial charge on any atom is -0.460 e. The molecule has 7 heteroatoms. The number of hydrogen-bond donors (Lipinski definition) is 1. The van der Waals surface area contributed by atoms with Gasteiger partial charge in [0.15, 0.2) is 5.82 Å². The monoisotopic (exact) mass is 419 g/mol. The summed E-state index contributed by atoms with van der Waals surface area (Å²) in [6, 6.07) is 0. The van der Waals surface area contributed by atoms with Crippen LogP contribution in [0, 0.1) is 11.8 Å². The molecule has 3 rings (SSSR count). The average Bonchev–Trinajstić information content (AvgIpc) is 3.43. The first-order valence-electron chi connectivity index (χ1n) is 11.6. The molecular formula is C23H37N3O4. The molecule has 1 atom stereocenters. The molecule has 0 aliphatic heterocycles. The second-order valence-electron chi connectivity index (χ2n) is 9.96. The van der Waals surface area contributed by atoms with Crippen molar-refractivity contribution in [2.75, 3.05) is 0 Å². The van der Waals surface area contributed by atoms with Gasteiger partial charge in [0.25, 0.3) is 0 Å². The van der Waals surface area contributed by atoms with Crippen molar-refractivity contribution in [1.29, 1.82) is 0 Å². The topological polar surface area (TPSA) is 94.3 Å². The maximum Gasteiger partial charge on any atom is 0.307 e. The summed E-state index contributed by atoms with van der Waals surface area (Å²) in [5, 5.41) is 6.87. The molecule has 2 aliphatic rings. The Balaban J connectivity index is 1.56. The molecule has 1 N–H and O–H groups in total. The van der Waals surface area contributed by atoms with Gasteiger partial charge >= 0.3 is 5.97 Å². The largest absolute Gasteiger partial charge is 0.460 e. The fourth-order valence-corrected chi connectivity index (χ4v) is 4.19. The molecule has 1 heterocycles. The van der Waals surface area contributed by atoms with Crippen molar-refractivity contribution in [3.05, 3.63) is 11.7 Å². The van der Waals surface area contributed by atoms with E-state index in [2.05, 4.69) is 15.5 Å². The van der Waals surface area contributed by atoms with Crippen LogP contribution in [0.25, 0.3) is 0 Å². The minimum absolute atomic E-state index is 0.0548. The lowest BCUT2D eigenvalue weighted by Crippen LogP contribution is -2.25. The molecule has 0 bridgehead atoms. The van der Waals surface area contributed by atoms with E-state index in [-0.39, 0.29) is 36.7 Å². The highest BCUT2D eigenvalue weighted by atomic mass is 16.6. The van der Waals surface area contributed by atoms with Crippen molar-refractivity contribution >= 4 is 11.9 Å². The van der Waals surface area contributed by atoms with Gasteiger partial charge in [-0.3, -0.25) is 9.59 Å². The normalized spacial score (nSPS) is 18.8. The second kappa shape index (κ2) is 10.4. The molecule has 7 nitrogen and oxygen atoms in total. The molecule has 2 saturated carbocycles. The summed E-state index contributed by atoms with van der Waals surface area (Å²) in [6.07, 6.45) is 11.9. The molecule has 1 amide bonds. The van der Waals surface area contributed by atoms with Crippen LogP contribution in [-0.4, -0.2) is 27.6 Å². The highest BCUT2D eigenvalue weighted by Crippen LogP contribution is 2.32. The Morgan fingerprint density at radius 1 is 1.17 bits per heavy atom. The first kappa shape index (κ1) is 22.8. The smallest absolute Gasteiger partial charge is 0.307 e. The molecule has 1 aromatic rings. The summed E-state index contributed by atoms with van der Waals surface area (Å²) in [4.78, 5) is 28.7. The van der Waals surface area contributed by atoms with Crippen molar-refractivity contribution in [3.63, 3.8) is 0 Å². The van der Waals surface area contributed by atoms with E-state index in [4.69, 9.17) is 9.26 Å². The van der Waals surface area contributed by atoms with Crippen LogP contribution in [0.4, 0.5) is 0 Å². The summed E-state index contributed by atoms with van der Waals surface area (Å²) in [7, 11) is 0. The molecule has 2 aliphatic carbocycles. The van der Waals surface area contributed by atoms with E-state index in [0.29, 0.717) is 11.7 Å². The Hall–Kier alpha value is -1.92. The zero-order valence-electron chi connectivity index (χ0n) is 18.7. The third-order valence-corrected chi connectivity index (χ3v) is 5.92. The molecule has 0 radical (unpaired) electrons. The summed E-state index contributed by atoms with van der Waals surface area (Å²) in [5.41, 5.74) is -0.517. The molecule has 30 heavy (non-hydrogen) atoms. The molecule has 1 aromatic heterocycles. The van der Waals surface area contributed by atoms with Crippen LogP contribution in [0.15, 0.2) is 4.52 Å². The Kier molecular flexibility index (Phi) is 7.89. The number of rotatable bonds is 10. The number of nitrogens with one attached hydrogen (secondary N) is 1. The summed E-state index contributed by atoms with van der Waals surface area (Å²) in [5.74, 6) is 1.54. The number of esters is 1. The number of nitrogens with zero attached hydrogens (tertiary/aromatic N) is 2. The van der Waals surface area contributed by atoms with Gasteiger partial charge in [-0.05, 0) is 46.0 Å². The summed E-state index contributed by atoms with van der Waals surface area (Å²) in [6.45, 7) is 5.88. The lowest BCUT2D eigenvalue weighted by molar-refractivity contribution is -0.155. The van der Waals surface area contributed by atoms with E-state index in [1.54, 1.807) is 0 Å². The van der Waals surface area contributed by atoms with Crippen molar-refractivity contribution < 1.29 is 18.8 Å². The number of hydrogen-bond acceptors (Lipinski definition) is 6. The maximum absolute atomic E-state index is 12.4. The Bertz CT molecular complexity index is 700. The first-order chi connectivity index (χ1) is 14.3. The fourth-order valence-electron chi connectivity index (χ4n) is 4.19. The predicted octanol–water partition coefficient (Wildman–Crippen LogP) is 4.66. The van der Waals surface area contributed by atoms with Crippen LogP contribution < -0.4 is 5.32 Å². The Labute approximate surface area is 179 Å². The molecule has 0 unspecified atom stereocenters. The van der Waals surface area contributed by atoms with Gasteiger partial charge in [0.05, 0.1) is 13.0 Å². The van der Waals surface area contributed by atoms with E-state index < -0.39 is 5.60 Å². The number of ether oxygens (including phenoxy) is 1. The minimum atomic E-state index is -0.517. The zero-order valence-corrected chi connectivity index (χ0v) is 18.7. The zero-order chi connectivity index (χ0) is 21.6. The van der Waals surface area contributed by atoms with Gasteiger partial charge in [-0.1, -0.05) is 50.1 Å². The van der Waals surface area contributed by atoms with Crippen LogP contribution in [0.1, 0.15) is 109 Å². The standard InChI is InChI=1S/C23H37N3O4/c1-23(2,3)29-20(27)14-18(11-7-10-16-8-5-4-6-9-16)22-25-19(26-30-22)15-24-21(28)17-12-13-17/h16-18H,4-15H2,1-3H3,(H,24,28)/t18-/m1/s1. The molecule has 2 fully saturated rings. The van der Waals surface area contributed by atoms with Crippen molar-refractivity contribution in [2.24, 2.45) is 11.8 Å². The predicted molar refractivity (Wildman–Crippen MR) is 112 cm³/mol. The first-order valence-corrected chi connectivity index (χ1v) is 11.6. The van der Waals surface area contributed by atoms with E-state index in [0.717, 1.165) is 31.6 Å². The third-order valence-electron chi connectivity index (χ3n) is 5.92. The number of aromatic nitrogens is 2. The quantitative estimate of drug-likeness (QED) is 0.554. The van der Waals surface area contributed by atoms with Gasteiger partial charge in [-0.2, -0.15) is 4.98 Å². The van der Waals surface area contributed by atoms with E-state index in [1.165, 1.54) is 38.5 Å². The highest BCUT2D eigenvalue weighted by molar-refractivity contribution is 5.80. The van der Waals surface area contributed by atoms with Crippen LogP contribution in [0.2, 0.25) is 0 Å². The van der Waals surface area contributed by atoms with E-state index in [1.807, 2.05) is 20.8 Å². The maximum atomic E-state index is 12.4. The average molecular weight is 420 g/mol. The Morgan fingerprint density at radius 3 is 2.57 bits per heavy atom. The lowest BCUT2D eigenvalue weighted by Gasteiger charge is -2.23. The van der Waals surface area contributed by atoms with Crippen LogP contribution in [0.3, 0.4) is 0 Å². The van der Waals surface area contributed by atoms with Crippen LogP contribution >= 0.6 is 0 Å². The summed E-state index contributed by atoms with van der Waals surface area (Å²) < 4.78 is 11.0. The van der Waals surface area contributed by atoms with Gasteiger partial charge in [0, 0.05) is 11.8 Å². The van der Waals surface area contributed by atoms with E-state index in [9.17, 15) is 9.59 Å². The summed E-state index contributed by atoms with van der Waals surface area (Å²) >= 11 is 0. The molecule has 0 spiro atoms. The SMILES string of the molecule is CC(C)(C)OC(=O)C[C@@H](CCCC1CCCCC1)c1nc(CNC(=O)C2CC2)no1. The molecule has 0 aromatic carbocycles. The van der Waals surface area contributed by atoms with Gasteiger partial charge in [0.1, 0.15) is 5.60 Å². The van der Waals surface area contributed by atoms with Gasteiger partial charge in [-0.15, -0.1) is 0 Å². The van der Waals surface area contributed by atoms with Gasteiger partial charge in [-0.25, -0.2) is 0 Å². The van der Waals surface area contributed by atoms with Crippen LogP contribution in [-0.2, 0) is 20.9 Å². The molecule has 0 saturated heterocycles. The van der Waals surface area contributed by atoms with Crippen LogP contribution in [0.5, 0.6) is 0 Å². The van der Waals surface area contributed by atoms with Gasteiger partial charge in [0.2, 0.25) is 11.8 Å². The molecular weight excluding hydrogens is 382 g/mol. The van der Waals surface area contributed by atoms with Crippen molar-refractivity contribution in [1.82, 2.24) is 15.5 Å². The van der Waals surface area contributed by atoms with Crippen molar-refractivity contribution in [3.8, 4) is 0 Å². The second-order valence-corrected chi connectivity index (χ2v) is 9.96. The van der Waals surface area contributed by atoms with Crippen molar-refractivity contribution in [2.45, 2.75) is 109 Å². The number of carbonyl (C=O) groups is 2.